The van der Waals surface area contributed by atoms with Gasteiger partial charge >= 0.3 is 0 Å². The van der Waals surface area contributed by atoms with Crippen LogP contribution in [0.15, 0.2) is 54.2 Å². The van der Waals surface area contributed by atoms with Gasteiger partial charge in [0.1, 0.15) is 0 Å². The summed E-state index contributed by atoms with van der Waals surface area (Å²) in [6.07, 6.45) is 5.35. The Morgan fingerprint density at radius 2 is 1.91 bits per heavy atom. The average Bonchev–Trinajstić information content (AvgIpc) is 2.92. The summed E-state index contributed by atoms with van der Waals surface area (Å²) in [4.78, 5) is 12.6. The van der Waals surface area contributed by atoms with Crippen molar-refractivity contribution in [2.45, 2.75) is 12.8 Å². The van der Waals surface area contributed by atoms with Crippen LogP contribution in [-0.4, -0.2) is 15.6 Å². The molecule has 0 N–H and O–H groups in total. The van der Waals surface area contributed by atoms with E-state index in [4.69, 9.17) is 0 Å². The fourth-order valence-corrected chi connectivity index (χ4v) is 3.13. The molecule has 0 fully saturated rings. The van der Waals surface area contributed by atoms with E-state index in [0.29, 0.717) is 0 Å². The Morgan fingerprint density at radius 1 is 1.09 bits per heavy atom. The van der Waals surface area contributed by atoms with Crippen molar-refractivity contribution < 1.29 is 4.79 Å². The number of carbonyl (C=O) groups excluding carboxylic acids is 1. The van der Waals surface area contributed by atoms with Gasteiger partial charge in [-0.15, -0.1) is 0 Å². The Balaban J connectivity index is 1.74. The summed E-state index contributed by atoms with van der Waals surface area (Å²) in [5.74, 6) is 0.113. The highest BCUT2D eigenvalue weighted by molar-refractivity contribution is 6.13. The van der Waals surface area contributed by atoms with Gasteiger partial charge in [-0.05, 0) is 41.3 Å². The highest BCUT2D eigenvalue weighted by Crippen LogP contribution is 2.27. The Kier molecular flexibility index (Phi) is 2.93. The largest absolute Gasteiger partial charge is 0.289 e. The number of nitrogens with zero attached hydrogens (tertiary/aromatic N) is 2. The number of allylic oxidation sites excluding steroid dienone is 1. The second-order valence-corrected chi connectivity index (χ2v) is 5.73. The summed E-state index contributed by atoms with van der Waals surface area (Å²) in [6.45, 7) is 0. The van der Waals surface area contributed by atoms with Gasteiger partial charge in [0.2, 0.25) is 0 Å². The number of fused-ring (bicyclic) bond motifs is 2. The molecule has 0 saturated heterocycles. The zero-order chi connectivity index (χ0) is 15.1. The lowest BCUT2D eigenvalue weighted by atomic mass is 9.90. The van der Waals surface area contributed by atoms with E-state index in [0.717, 1.165) is 35.2 Å². The molecule has 0 saturated carbocycles. The molecule has 1 heterocycles. The molecule has 0 unspecified atom stereocenters. The maximum atomic E-state index is 12.6. The maximum absolute atomic E-state index is 12.6. The summed E-state index contributed by atoms with van der Waals surface area (Å²) in [5, 5.41) is 6.61. The van der Waals surface area contributed by atoms with E-state index in [1.54, 1.807) is 10.9 Å². The predicted molar refractivity (Wildman–Crippen MR) is 87.8 cm³/mol. The van der Waals surface area contributed by atoms with Gasteiger partial charge in [0.15, 0.2) is 5.78 Å². The fourth-order valence-electron chi connectivity index (χ4n) is 3.13. The molecule has 0 atom stereocenters. The number of aryl methyl sites for hydroxylation is 1. The number of rotatable bonds is 1. The highest BCUT2D eigenvalue weighted by atomic mass is 16.1. The number of ketones is 1. The molecule has 22 heavy (non-hydrogen) atoms. The van der Waals surface area contributed by atoms with Crippen LogP contribution in [0.3, 0.4) is 0 Å². The first-order valence-electron chi connectivity index (χ1n) is 7.47. The van der Waals surface area contributed by atoms with Crippen molar-refractivity contribution in [3.63, 3.8) is 0 Å². The molecule has 3 aromatic rings. The molecule has 0 bridgehead atoms. The van der Waals surface area contributed by atoms with Crippen LogP contribution in [-0.2, 0) is 13.5 Å². The first-order chi connectivity index (χ1) is 10.7. The third-order valence-corrected chi connectivity index (χ3v) is 4.34. The second-order valence-electron chi connectivity index (χ2n) is 5.73. The van der Waals surface area contributed by atoms with E-state index >= 15 is 0 Å². The standard InChI is InChI=1S/C19H16N2O/c1-21-18-9-8-16(19(22)17(18)12-20-21)11-13-6-7-14-4-2-3-5-15(14)10-13/h2-7,10-12H,8-9H2,1H3/b16-11+. The van der Waals surface area contributed by atoms with Crippen molar-refractivity contribution in [3.05, 3.63) is 71.1 Å². The molecule has 0 radical (unpaired) electrons. The van der Waals surface area contributed by atoms with Crippen molar-refractivity contribution in [1.82, 2.24) is 9.78 Å². The molecule has 3 nitrogen and oxygen atoms in total. The van der Waals surface area contributed by atoms with Crippen molar-refractivity contribution in [2.75, 3.05) is 0 Å². The topological polar surface area (TPSA) is 34.9 Å². The van der Waals surface area contributed by atoms with Crippen molar-refractivity contribution in [1.29, 1.82) is 0 Å². The van der Waals surface area contributed by atoms with Crippen molar-refractivity contribution in [3.8, 4) is 0 Å². The predicted octanol–water partition coefficient (Wildman–Crippen LogP) is 3.79. The summed E-state index contributed by atoms with van der Waals surface area (Å²) in [6, 6.07) is 14.6. The molecule has 1 aliphatic rings. The van der Waals surface area contributed by atoms with Gasteiger partial charge in [-0.2, -0.15) is 5.10 Å². The van der Waals surface area contributed by atoms with Gasteiger partial charge in [-0.1, -0.05) is 36.4 Å². The molecular formula is C19H16N2O. The molecule has 1 aliphatic carbocycles. The van der Waals surface area contributed by atoms with Crippen LogP contribution in [0.1, 0.15) is 28.0 Å². The lowest BCUT2D eigenvalue weighted by Gasteiger charge is -2.14. The summed E-state index contributed by atoms with van der Waals surface area (Å²) in [5.41, 5.74) is 3.74. The third kappa shape index (κ3) is 2.06. The van der Waals surface area contributed by atoms with Gasteiger partial charge in [0, 0.05) is 18.3 Å². The summed E-state index contributed by atoms with van der Waals surface area (Å²) >= 11 is 0. The quantitative estimate of drug-likeness (QED) is 0.639. The molecule has 3 heteroatoms. The van der Waals surface area contributed by atoms with Gasteiger partial charge < -0.3 is 0 Å². The molecule has 4 rings (SSSR count). The Bertz CT molecular complexity index is 918. The Hall–Kier alpha value is -2.68. The normalized spacial score (nSPS) is 16.2. The van der Waals surface area contributed by atoms with E-state index in [-0.39, 0.29) is 5.78 Å². The molecular weight excluding hydrogens is 272 g/mol. The van der Waals surface area contributed by atoms with Crippen LogP contribution in [0.2, 0.25) is 0 Å². The average molecular weight is 288 g/mol. The van der Waals surface area contributed by atoms with Crippen LogP contribution in [0.5, 0.6) is 0 Å². The molecule has 1 aromatic heterocycles. The minimum atomic E-state index is 0.113. The van der Waals surface area contributed by atoms with E-state index in [9.17, 15) is 4.79 Å². The molecule has 108 valence electrons. The third-order valence-electron chi connectivity index (χ3n) is 4.34. The van der Waals surface area contributed by atoms with Crippen molar-refractivity contribution >= 4 is 22.6 Å². The number of carbonyl (C=O) groups is 1. The molecule has 0 amide bonds. The number of hydrogen-bond acceptors (Lipinski definition) is 2. The zero-order valence-corrected chi connectivity index (χ0v) is 12.4. The minimum Gasteiger partial charge on any atom is -0.289 e. The first kappa shape index (κ1) is 13.0. The Labute approximate surface area is 128 Å². The number of hydrogen-bond donors (Lipinski definition) is 0. The Morgan fingerprint density at radius 3 is 2.77 bits per heavy atom. The highest BCUT2D eigenvalue weighted by Gasteiger charge is 2.24. The SMILES string of the molecule is Cn1ncc2c1CC/C(=C\c1ccc3ccccc3c1)C2=O. The minimum absolute atomic E-state index is 0.113. The van der Waals surface area contributed by atoms with E-state index < -0.39 is 0 Å². The number of aromatic nitrogens is 2. The van der Waals surface area contributed by atoms with Gasteiger partial charge in [0.25, 0.3) is 0 Å². The zero-order valence-electron chi connectivity index (χ0n) is 12.4. The van der Waals surface area contributed by atoms with Crippen LogP contribution < -0.4 is 0 Å². The van der Waals surface area contributed by atoms with Crippen LogP contribution in [0, 0.1) is 0 Å². The smallest absolute Gasteiger partial charge is 0.192 e. The van der Waals surface area contributed by atoms with Gasteiger partial charge in [0.05, 0.1) is 11.8 Å². The van der Waals surface area contributed by atoms with E-state index in [1.165, 1.54) is 10.8 Å². The van der Waals surface area contributed by atoms with Gasteiger partial charge in [-0.25, -0.2) is 0 Å². The monoisotopic (exact) mass is 288 g/mol. The summed E-state index contributed by atoms with van der Waals surface area (Å²) < 4.78 is 1.81. The van der Waals surface area contributed by atoms with Crippen LogP contribution >= 0.6 is 0 Å². The number of benzene rings is 2. The molecule has 0 aliphatic heterocycles. The second kappa shape index (κ2) is 4.95. The van der Waals surface area contributed by atoms with E-state index in [1.807, 2.05) is 25.3 Å². The summed E-state index contributed by atoms with van der Waals surface area (Å²) in [7, 11) is 1.89. The lowest BCUT2D eigenvalue weighted by Crippen LogP contribution is -2.14. The fraction of sp³-hybridized carbons (Fsp3) is 0.158. The van der Waals surface area contributed by atoms with Crippen molar-refractivity contribution in [2.24, 2.45) is 7.05 Å². The van der Waals surface area contributed by atoms with Gasteiger partial charge in [-0.3, -0.25) is 9.48 Å². The van der Waals surface area contributed by atoms with Crippen LogP contribution in [0.4, 0.5) is 0 Å². The molecule has 2 aromatic carbocycles. The number of Topliss-reactive ketones (excluding diaryl/α,β-unsaturated/α-hetero) is 1. The molecule has 0 spiro atoms. The van der Waals surface area contributed by atoms with Crippen LogP contribution in [0.25, 0.3) is 16.8 Å². The van der Waals surface area contributed by atoms with E-state index in [2.05, 4.69) is 35.4 Å². The first-order valence-corrected chi connectivity index (χ1v) is 7.47. The lowest BCUT2D eigenvalue weighted by molar-refractivity contribution is 0.102. The maximum Gasteiger partial charge on any atom is 0.192 e.